The van der Waals surface area contributed by atoms with Crippen LogP contribution in [0.2, 0.25) is 0 Å². The first-order valence-corrected chi connectivity index (χ1v) is 14.1. The summed E-state index contributed by atoms with van der Waals surface area (Å²) in [5, 5.41) is 11.4. The molecule has 4 saturated carbocycles. The lowest BCUT2D eigenvalue weighted by molar-refractivity contribution is -0.325. The fourth-order valence-electron chi connectivity index (χ4n) is 9.29. The second-order valence-electron chi connectivity index (χ2n) is 13.1. The van der Waals surface area contributed by atoms with Gasteiger partial charge in [0.05, 0.1) is 11.5 Å². The quantitative estimate of drug-likeness (QED) is 0.291. The maximum atomic E-state index is 12.7. The van der Waals surface area contributed by atoms with Crippen molar-refractivity contribution in [3.8, 4) is 0 Å². The van der Waals surface area contributed by atoms with Crippen molar-refractivity contribution in [2.24, 2.45) is 34.0 Å². The first-order chi connectivity index (χ1) is 18.9. The molecule has 2 bridgehead atoms. The summed E-state index contributed by atoms with van der Waals surface area (Å²) in [7, 11) is 0. The van der Waals surface area contributed by atoms with Crippen LogP contribution < -0.4 is 0 Å². The minimum Gasteiger partial charge on any atom is -0.462 e. The van der Waals surface area contributed by atoms with Gasteiger partial charge in [-0.25, -0.2) is 0 Å². The van der Waals surface area contributed by atoms with E-state index in [2.05, 4.69) is 6.58 Å². The van der Waals surface area contributed by atoms with Gasteiger partial charge in [-0.2, -0.15) is 0 Å². The highest BCUT2D eigenvalue weighted by Crippen LogP contribution is 2.74. The van der Waals surface area contributed by atoms with Crippen LogP contribution in [0.1, 0.15) is 74.7 Å². The maximum Gasteiger partial charge on any atom is 0.303 e. The fourth-order valence-corrected chi connectivity index (χ4v) is 9.29. The number of ether oxygens (including phenoxy) is 5. The minimum atomic E-state index is -1.26. The van der Waals surface area contributed by atoms with E-state index in [9.17, 15) is 29.1 Å². The van der Waals surface area contributed by atoms with Crippen molar-refractivity contribution in [1.82, 2.24) is 0 Å². The van der Waals surface area contributed by atoms with Gasteiger partial charge in [0.2, 0.25) is 0 Å². The number of aliphatic hydroxyl groups excluding tert-OH is 1. The Morgan fingerprint density at radius 1 is 0.756 bits per heavy atom. The molecule has 1 N–H and O–H groups in total. The van der Waals surface area contributed by atoms with Crippen LogP contribution in [-0.2, 0) is 47.7 Å². The fraction of sp³-hybridized carbons (Fsp3) is 0.767. The lowest BCUT2D eigenvalue weighted by atomic mass is 9.37. The Bertz CT molecular complexity index is 1160. The molecule has 0 radical (unpaired) electrons. The van der Waals surface area contributed by atoms with E-state index < -0.39 is 94.6 Å². The van der Waals surface area contributed by atoms with Gasteiger partial charge in [-0.05, 0) is 29.7 Å². The number of aliphatic hydroxyl groups is 1. The van der Waals surface area contributed by atoms with E-state index in [1.807, 2.05) is 20.8 Å². The van der Waals surface area contributed by atoms with Crippen molar-refractivity contribution in [3.63, 3.8) is 0 Å². The van der Waals surface area contributed by atoms with Gasteiger partial charge >= 0.3 is 29.8 Å². The molecule has 0 aromatic heterocycles. The summed E-state index contributed by atoms with van der Waals surface area (Å²) in [6, 6.07) is 0. The van der Waals surface area contributed by atoms with E-state index in [0.29, 0.717) is 18.4 Å². The molecule has 1 spiro atoms. The van der Waals surface area contributed by atoms with Gasteiger partial charge in [0.1, 0.15) is 30.5 Å². The standard InChI is InChI=1S/C30H42O11/c1-13-19-10-20(37-14(2)31)24-29(9)22(38-15(3)32)11-21(36)28(7,8)25(29)23(39-16(4)33)27(41-18(6)35)30(24,12-19)26(13)40-17(5)34/h19-27,36H,1,10-12H2,2-9H3/t19?,20-,21-,22-,23+,24-,25+,26?,27-,29-,30-/m0/s1. The number of hydrogen-bond acceptors (Lipinski definition) is 11. The molecule has 2 unspecified atom stereocenters. The summed E-state index contributed by atoms with van der Waals surface area (Å²) in [6.07, 6.45) is -5.23. The average molecular weight is 579 g/mol. The Kier molecular flexibility index (Phi) is 7.86. The average Bonchev–Trinajstić information content (AvgIpc) is 3.00. The summed E-state index contributed by atoms with van der Waals surface area (Å²) < 4.78 is 30.0. The predicted octanol–water partition coefficient (Wildman–Crippen LogP) is 2.65. The van der Waals surface area contributed by atoms with Crippen molar-refractivity contribution in [2.45, 2.75) is 111 Å². The van der Waals surface area contributed by atoms with Crippen LogP contribution in [0.5, 0.6) is 0 Å². The highest BCUT2D eigenvalue weighted by molar-refractivity contribution is 5.69. The molecule has 0 aliphatic heterocycles. The number of fused-ring (bicyclic) bond motifs is 3. The second kappa shape index (κ2) is 10.4. The van der Waals surface area contributed by atoms with Crippen LogP contribution in [0, 0.1) is 34.0 Å². The Hall–Kier alpha value is -2.95. The lowest BCUT2D eigenvalue weighted by Gasteiger charge is -2.70. The van der Waals surface area contributed by atoms with Crippen molar-refractivity contribution in [2.75, 3.05) is 0 Å². The Morgan fingerprint density at radius 2 is 1.29 bits per heavy atom. The third kappa shape index (κ3) is 4.73. The molecule has 0 amide bonds. The van der Waals surface area contributed by atoms with Gasteiger partial charge in [-0.15, -0.1) is 0 Å². The van der Waals surface area contributed by atoms with Gasteiger partial charge in [0, 0.05) is 58.3 Å². The molecule has 4 aliphatic carbocycles. The predicted molar refractivity (Wildman–Crippen MR) is 142 cm³/mol. The summed E-state index contributed by atoms with van der Waals surface area (Å²) in [5.41, 5.74) is -2.77. The Labute approximate surface area is 240 Å². The summed E-state index contributed by atoms with van der Waals surface area (Å²) >= 11 is 0. The number of rotatable bonds is 5. The second-order valence-corrected chi connectivity index (χ2v) is 13.1. The van der Waals surface area contributed by atoms with Crippen molar-refractivity contribution < 1.29 is 52.8 Å². The van der Waals surface area contributed by atoms with E-state index in [4.69, 9.17) is 23.7 Å². The van der Waals surface area contributed by atoms with Gasteiger partial charge in [-0.1, -0.05) is 27.4 Å². The first-order valence-electron chi connectivity index (χ1n) is 14.1. The third-order valence-electron chi connectivity index (χ3n) is 10.2. The third-order valence-corrected chi connectivity index (χ3v) is 10.2. The zero-order valence-corrected chi connectivity index (χ0v) is 25.1. The minimum absolute atomic E-state index is 0.0621. The van der Waals surface area contributed by atoms with Gasteiger partial charge in [-0.3, -0.25) is 24.0 Å². The number of carbonyl (C=O) groups is 5. The van der Waals surface area contributed by atoms with Crippen LogP contribution in [0.25, 0.3) is 0 Å². The van der Waals surface area contributed by atoms with Crippen LogP contribution in [-0.4, -0.2) is 71.6 Å². The summed E-state index contributed by atoms with van der Waals surface area (Å²) in [6.45, 7) is 16.1. The number of esters is 5. The molecule has 4 aliphatic rings. The molecule has 228 valence electrons. The molecular formula is C30H42O11. The van der Waals surface area contributed by atoms with Crippen molar-refractivity contribution in [1.29, 1.82) is 0 Å². The smallest absolute Gasteiger partial charge is 0.303 e. The maximum absolute atomic E-state index is 12.7. The summed E-state index contributed by atoms with van der Waals surface area (Å²) in [5.74, 6) is -4.75. The van der Waals surface area contributed by atoms with Gasteiger partial charge < -0.3 is 28.8 Å². The molecule has 11 atom stereocenters. The van der Waals surface area contributed by atoms with E-state index in [1.54, 1.807) is 0 Å². The molecule has 0 aromatic rings. The molecule has 0 heterocycles. The van der Waals surface area contributed by atoms with E-state index in [-0.39, 0.29) is 12.3 Å². The molecule has 11 heteroatoms. The SMILES string of the molecule is C=C1C2C[C@H](OC(C)=O)[C@@H]3[C@@](C2)(C1OC(C)=O)[C@@H](OC(C)=O)[C@H](OC(C)=O)[C@@H]1C(C)(C)[C@@H](O)C[C@H](OC(C)=O)[C@]13C. The van der Waals surface area contributed by atoms with Crippen LogP contribution >= 0.6 is 0 Å². The monoisotopic (exact) mass is 578 g/mol. The zero-order chi connectivity index (χ0) is 30.8. The molecule has 41 heavy (non-hydrogen) atoms. The van der Waals surface area contributed by atoms with E-state index in [0.717, 1.165) is 0 Å². The van der Waals surface area contributed by atoms with Crippen molar-refractivity contribution in [3.05, 3.63) is 12.2 Å². The number of carbonyl (C=O) groups excluding carboxylic acids is 5. The van der Waals surface area contributed by atoms with Crippen LogP contribution in [0.4, 0.5) is 0 Å². The lowest BCUT2D eigenvalue weighted by Crippen LogP contribution is -2.77. The van der Waals surface area contributed by atoms with Gasteiger partial charge in [0.15, 0.2) is 0 Å². The first kappa shape index (κ1) is 31.0. The zero-order valence-electron chi connectivity index (χ0n) is 25.1. The Morgan fingerprint density at radius 3 is 1.80 bits per heavy atom. The molecule has 4 fully saturated rings. The van der Waals surface area contributed by atoms with Crippen LogP contribution in [0.3, 0.4) is 0 Å². The molecule has 11 nitrogen and oxygen atoms in total. The molecular weight excluding hydrogens is 536 g/mol. The van der Waals surface area contributed by atoms with E-state index >= 15 is 0 Å². The van der Waals surface area contributed by atoms with Crippen LogP contribution in [0.15, 0.2) is 12.2 Å². The Balaban J connectivity index is 2.13. The summed E-state index contributed by atoms with van der Waals surface area (Å²) in [4.78, 5) is 63.0. The van der Waals surface area contributed by atoms with E-state index in [1.165, 1.54) is 34.6 Å². The molecule has 0 aromatic carbocycles. The largest absolute Gasteiger partial charge is 0.462 e. The molecule has 4 rings (SSSR count). The highest BCUT2D eigenvalue weighted by atomic mass is 16.6. The normalized spacial score (nSPS) is 42.2. The topological polar surface area (TPSA) is 152 Å². The van der Waals surface area contributed by atoms with Gasteiger partial charge in [0.25, 0.3) is 0 Å². The molecule has 0 saturated heterocycles. The highest BCUT2D eigenvalue weighted by Gasteiger charge is 2.80. The number of hydrogen-bond donors (Lipinski definition) is 1. The van der Waals surface area contributed by atoms with Crippen molar-refractivity contribution >= 4 is 29.8 Å².